The lowest BCUT2D eigenvalue weighted by atomic mass is 10.1. The van der Waals surface area contributed by atoms with Crippen molar-refractivity contribution in [1.29, 1.82) is 0 Å². The first-order chi connectivity index (χ1) is 9.36. The summed E-state index contributed by atoms with van der Waals surface area (Å²) in [4.78, 5) is 0. The fourth-order valence-corrected chi connectivity index (χ4v) is 2.41. The fourth-order valence-electron chi connectivity index (χ4n) is 2.01. The van der Waals surface area contributed by atoms with E-state index in [1.165, 1.54) is 44.9 Å². The summed E-state index contributed by atoms with van der Waals surface area (Å²) in [5.74, 6) is 0.900. The van der Waals surface area contributed by atoms with Crippen LogP contribution in [0.2, 0.25) is 0 Å². The first-order valence-electron chi connectivity index (χ1n) is 7.58. The van der Waals surface area contributed by atoms with Gasteiger partial charge in [0, 0.05) is 11.9 Å². The van der Waals surface area contributed by atoms with E-state index in [1.54, 1.807) is 0 Å². The van der Waals surface area contributed by atoms with Crippen LogP contribution in [0.3, 0.4) is 0 Å². The number of unbranched alkanes of at least 4 members (excludes halogenated alkanes) is 6. The molecule has 1 heterocycles. The maximum Gasteiger partial charge on any atom is 0.157 e. The van der Waals surface area contributed by atoms with E-state index in [0.717, 1.165) is 30.7 Å². The van der Waals surface area contributed by atoms with Gasteiger partial charge in [-0.05, 0) is 19.3 Å². The molecule has 0 aromatic carbocycles. The van der Waals surface area contributed by atoms with Gasteiger partial charge in [-0.3, -0.25) is 4.68 Å². The van der Waals surface area contributed by atoms with Crippen LogP contribution in [0.25, 0.3) is 0 Å². The highest BCUT2D eigenvalue weighted by Crippen LogP contribution is 2.11. The van der Waals surface area contributed by atoms with E-state index in [-0.39, 0.29) is 0 Å². The number of hydrogen-bond acceptors (Lipinski definition) is 2. The van der Waals surface area contributed by atoms with Crippen molar-refractivity contribution in [3.05, 3.63) is 12.4 Å². The average Bonchev–Trinajstić information content (AvgIpc) is 2.87. The van der Waals surface area contributed by atoms with Gasteiger partial charge in [0.2, 0.25) is 0 Å². The summed E-state index contributed by atoms with van der Waals surface area (Å²) in [5.41, 5.74) is 0. The summed E-state index contributed by atoms with van der Waals surface area (Å²) in [6.07, 6.45) is 14.2. The number of aromatic nitrogens is 2. The van der Waals surface area contributed by atoms with Crippen LogP contribution in [-0.2, 0) is 6.54 Å². The molecule has 110 valence electrons. The first-order valence-corrected chi connectivity index (χ1v) is 8.70. The van der Waals surface area contributed by atoms with Crippen LogP contribution in [0.4, 0.5) is 0 Å². The van der Waals surface area contributed by atoms with E-state index in [2.05, 4.69) is 28.0 Å². The minimum absolute atomic E-state index is 0.778. The Labute approximate surface area is 125 Å². The zero-order valence-electron chi connectivity index (χ0n) is 12.1. The number of alkyl halides is 1. The number of halogens is 1. The molecule has 1 aromatic heterocycles. The van der Waals surface area contributed by atoms with Crippen molar-refractivity contribution in [1.82, 2.24) is 9.78 Å². The summed E-state index contributed by atoms with van der Waals surface area (Å²) in [7, 11) is 0. The second kappa shape index (κ2) is 11.3. The topological polar surface area (TPSA) is 27.1 Å². The second-order valence-corrected chi connectivity index (χ2v) is 5.74. The van der Waals surface area contributed by atoms with E-state index < -0.39 is 0 Å². The predicted molar refractivity (Wildman–Crippen MR) is 84.1 cm³/mol. The molecule has 0 N–H and O–H groups in total. The number of rotatable bonds is 12. The third-order valence-electron chi connectivity index (χ3n) is 3.10. The first kappa shape index (κ1) is 16.5. The molecular weight excluding hydrogens is 304 g/mol. The maximum atomic E-state index is 5.53. The maximum absolute atomic E-state index is 5.53. The highest BCUT2D eigenvalue weighted by Gasteiger charge is 1.99. The number of ether oxygens (including phenoxy) is 1. The van der Waals surface area contributed by atoms with Gasteiger partial charge in [0.05, 0.1) is 19.0 Å². The molecule has 0 saturated heterocycles. The van der Waals surface area contributed by atoms with E-state index >= 15 is 0 Å². The number of nitrogens with zero attached hydrogens (tertiary/aromatic N) is 2. The molecule has 1 rings (SSSR count). The van der Waals surface area contributed by atoms with Crippen molar-refractivity contribution in [2.45, 2.75) is 64.8 Å². The van der Waals surface area contributed by atoms with Gasteiger partial charge >= 0.3 is 0 Å². The lowest BCUT2D eigenvalue weighted by Gasteiger charge is -2.02. The zero-order valence-corrected chi connectivity index (χ0v) is 13.7. The van der Waals surface area contributed by atoms with E-state index in [0.29, 0.717) is 0 Å². The largest absolute Gasteiger partial charge is 0.490 e. The minimum atomic E-state index is 0.778. The summed E-state index contributed by atoms with van der Waals surface area (Å²) in [6, 6.07) is 0. The number of hydrogen-bond donors (Lipinski definition) is 0. The summed E-state index contributed by atoms with van der Waals surface area (Å²) in [6.45, 7) is 3.90. The Morgan fingerprint density at radius 1 is 1.11 bits per heavy atom. The van der Waals surface area contributed by atoms with Crippen molar-refractivity contribution in [2.75, 3.05) is 11.9 Å². The van der Waals surface area contributed by atoms with Gasteiger partial charge in [-0.25, -0.2) is 0 Å². The summed E-state index contributed by atoms with van der Waals surface area (Å²) >= 11 is 3.47. The molecule has 0 aliphatic carbocycles. The van der Waals surface area contributed by atoms with Crippen molar-refractivity contribution in [3.8, 4) is 5.75 Å². The van der Waals surface area contributed by atoms with Gasteiger partial charge in [-0.15, -0.1) is 0 Å². The minimum Gasteiger partial charge on any atom is -0.490 e. The van der Waals surface area contributed by atoms with Gasteiger partial charge in [0.1, 0.15) is 0 Å². The van der Waals surface area contributed by atoms with Gasteiger partial charge < -0.3 is 4.74 Å². The molecule has 19 heavy (non-hydrogen) atoms. The second-order valence-electron chi connectivity index (χ2n) is 4.95. The van der Waals surface area contributed by atoms with Gasteiger partial charge in [0.15, 0.2) is 5.75 Å². The standard InChI is InChI=1S/C15H27BrN2O/c1-2-12-19-15-13-17-18(14-15)11-9-7-5-3-4-6-8-10-16/h13-14H,2-12H2,1H3. The molecule has 0 fully saturated rings. The predicted octanol–water partition coefficient (Wildman–Crippen LogP) is 4.80. The van der Waals surface area contributed by atoms with Crippen LogP contribution in [-0.4, -0.2) is 21.7 Å². The highest BCUT2D eigenvalue weighted by atomic mass is 79.9. The molecule has 0 aliphatic rings. The molecule has 0 spiro atoms. The van der Waals surface area contributed by atoms with Gasteiger partial charge in [-0.1, -0.05) is 55.0 Å². The molecule has 0 unspecified atom stereocenters. The SMILES string of the molecule is CCCOc1cnn(CCCCCCCCCBr)c1. The third kappa shape index (κ3) is 8.30. The molecule has 0 saturated carbocycles. The lowest BCUT2D eigenvalue weighted by molar-refractivity contribution is 0.317. The smallest absolute Gasteiger partial charge is 0.157 e. The van der Waals surface area contributed by atoms with E-state index in [9.17, 15) is 0 Å². The monoisotopic (exact) mass is 330 g/mol. The van der Waals surface area contributed by atoms with Crippen LogP contribution >= 0.6 is 15.9 Å². The third-order valence-corrected chi connectivity index (χ3v) is 3.66. The van der Waals surface area contributed by atoms with Crippen molar-refractivity contribution >= 4 is 15.9 Å². The Bertz CT molecular complexity index is 315. The van der Waals surface area contributed by atoms with Gasteiger partial charge in [0.25, 0.3) is 0 Å². The van der Waals surface area contributed by atoms with Crippen LogP contribution in [0, 0.1) is 0 Å². The Morgan fingerprint density at radius 2 is 1.79 bits per heavy atom. The van der Waals surface area contributed by atoms with E-state index in [1.807, 2.05) is 17.1 Å². The molecule has 1 aromatic rings. The van der Waals surface area contributed by atoms with Crippen molar-refractivity contribution in [3.63, 3.8) is 0 Å². The fraction of sp³-hybridized carbons (Fsp3) is 0.800. The van der Waals surface area contributed by atoms with Crippen LogP contribution < -0.4 is 4.74 Å². The van der Waals surface area contributed by atoms with E-state index in [4.69, 9.17) is 4.74 Å². The molecule has 0 bridgehead atoms. The van der Waals surface area contributed by atoms with Gasteiger partial charge in [-0.2, -0.15) is 5.10 Å². The lowest BCUT2D eigenvalue weighted by Crippen LogP contribution is -1.98. The number of aryl methyl sites for hydroxylation is 1. The summed E-state index contributed by atoms with van der Waals surface area (Å²) < 4.78 is 7.53. The molecule has 4 heteroatoms. The quantitative estimate of drug-likeness (QED) is 0.406. The molecule has 0 atom stereocenters. The highest BCUT2D eigenvalue weighted by molar-refractivity contribution is 9.09. The Morgan fingerprint density at radius 3 is 2.47 bits per heavy atom. The van der Waals surface area contributed by atoms with Crippen molar-refractivity contribution < 1.29 is 4.74 Å². The molecule has 0 amide bonds. The molecule has 3 nitrogen and oxygen atoms in total. The van der Waals surface area contributed by atoms with Crippen LogP contribution in [0.1, 0.15) is 58.3 Å². The molecule has 0 aliphatic heterocycles. The summed E-state index contributed by atoms with van der Waals surface area (Å²) in [5, 5.41) is 5.46. The normalized spacial score (nSPS) is 10.8. The molecular formula is C15H27BrN2O. The Hall–Kier alpha value is -0.510. The average molecular weight is 331 g/mol. The Kier molecular flexibility index (Phi) is 9.86. The van der Waals surface area contributed by atoms with Crippen LogP contribution in [0.15, 0.2) is 12.4 Å². The van der Waals surface area contributed by atoms with Crippen LogP contribution in [0.5, 0.6) is 5.75 Å². The zero-order chi connectivity index (χ0) is 13.8. The Balaban J connectivity index is 1.98. The van der Waals surface area contributed by atoms with Crippen molar-refractivity contribution in [2.24, 2.45) is 0 Å². The molecule has 0 radical (unpaired) electrons.